The first-order chi connectivity index (χ1) is 6.25. The molecule has 0 aliphatic rings. The summed E-state index contributed by atoms with van der Waals surface area (Å²) in [6.07, 6.45) is 1.14. The summed E-state index contributed by atoms with van der Waals surface area (Å²) in [5.74, 6) is 0. The van der Waals surface area contributed by atoms with Gasteiger partial charge < -0.3 is 5.32 Å². The van der Waals surface area contributed by atoms with Gasteiger partial charge in [-0.25, -0.2) is 0 Å². The van der Waals surface area contributed by atoms with Gasteiger partial charge in [-0.3, -0.25) is 0 Å². The monoisotopic (exact) mass is 261 g/mol. The number of hydrogen-bond donors (Lipinski definition) is 1. The molecular weight excluding hydrogens is 249 g/mol. The molecule has 0 atom stereocenters. The second kappa shape index (κ2) is 5.63. The van der Waals surface area contributed by atoms with Crippen LogP contribution in [0.4, 0.5) is 0 Å². The highest BCUT2D eigenvalue weighted by Gasteiger charge is 2.02. The van der Waals surface area contributed by atoms with Crippen molar-refractivity contribution in [1.29, 1.82) is 0 Å². The van der Waals surface area contributed by atoms with Gasteiger partial charge in [-0.2, -0.15) is 0 Å². The summed E-state index contributed by atoms with van der Waals surface area (Å²) < 4.78 is 1.07. The van der Waals surface area contributed by atoms with E-state index >= 15 is 0 Å². The number of benzene rings is 1. The van der Waals surface area contributed by atoms with E-state index in [2.05, 4.69) is 28.2 Å². The highest BCUT2D eigenvalue weighted by atomic mass is 79.9. The van der Waals surface area contributed by atoms with Gasteiger partial charge in [0.2, 0.25) is 0 Å². The lowest BCUT2D eigenvalue weighted by Crippen LogP contribution is -2.14. The Balaban J connectivity index is 2.64. The third-order valence-electron chi connectivity index (χ3n) is 1.79. The minimum atomic E-state index is 0.818. The van der Waals surface area contributed by atoms with Crippen LogP contribution in [0.15, 0.2) is 22.7 Å². The average Bonchev–Trinajstić information content (AvgIpc) is 2.10. The summed E-state index contributed by atoms with van der Waals surface area (Å²) in [6, 6.07) is 5.86. The summed E-state index contributed by atoms with van der Waals surface area (Å²) in [4.78, 5) is 0. The highest BCUT2D eigenvalue weighted by molar-refractivity contribution is 9.10. The van der Waals surface area contributed by atoms with Gasteiger partial charge >= 0.3 is 0 Å². The minimum Gasteiger partial charge on any atom is -0.313 e. The molecule has 1 rings (SSSR count). The second-order valence-electron chi connectivity index (χ2n) is 2.88. The molecule has 1 aromatic rings. The fourth-order valence-electron chi connectivity index (χ4n) is 1.09. The summed E-state index contributed by atoms with van der Waals surface area (Å²) in [5.41, 5.74) is 1.14. The quantitative estimate of drug-likeness (QED) is 0.818. The lowest BCUT2D eigenvalue weighted by atomic mass is 10.2. The molecule has 1 nitrogen and oxygen atoms in total. The Morgan fingerprint density at radius 2 is 2.23 bits per heavy atom. The maximum absolute atomic E-state index is 6.04. The molecule has 0 bridgehead atoms. The molecule has 0 spiro atoms. The van der Waals surface area contributed by atoms with Crippen LogP contribution in [-0.2, 0) is 6.54 Å². The predicted molar refractivity (Wildman–Crippen MR) is 61.1 cm³/mol. The smallest absolute Gasteiger partial charge is 0.0462 e. The maximum atomic E-state index is 6.04. The van der Waals surface area contributed by atoms with E-state index < -0.39 is 0 Å². The van der Waals surface area contributed by atoms with Gasteiger partial charge in [-0.05, 0) is 30.7 Å². The number of rotatable bonds is 4. The number of nitrogens with one attached hydrogen (secondary N) is 1. The van der Waals surface area contributed by atoms with Crippen LogP contribution in [0, 0.1) is 0 Å². The van der Waals surface area contributed by atoms with Gasteiger partial charge in [0.15, 0.2) is 0 Å². The lowest BCUT2D eigenvalue weighted by Gasteiger charge is -2.07. The molecule has 0 fully saturated rings. The van der Waals surface area contributed by atoms with Gasteiger partial charge in [0.1, 0.15) is 0 Å². The maximum Gasteiger partial charge on any atom is 0.0462 e. The topological polar surface area (TPSA) is 12.0 Å². The van der Waals surface area contributed by atoms with Crippen molar-refractivity contribution in [3.63, 3.8) is 0 Å². The van der Waals surface area contributed by atoms with Crippen LogP contribution in [0.5, 0.6) is 0 Å². The van der Waals surface area contributed by atoms with E-state index in [0.29, 0.717) is 0 Å². The van der Waals surface area contributed by atoms with Crippen molar-refractivity contribution in [1.82, 2.24) is 5.32 Å². The molecule has 0 heterocycles. The standard InChI is InChI=1S/C10H13BrClN/c1-2-6-13-7-8-9(11)4-3-5-10(8)12/h3-5,13H,2,6-7H2,1H3. The van der Waals surface area contributed by atoms with Crippen molar-refractivity contribution in [3.05, 3.63) is 33.3 Å². The molecule has 0 saturated heterocycles. The zero-order chi connectivity index (χ0) is 9.68. The number of hydrogen-bond acceptors (Lipinski definition) is 1. The average molecular weight is 263 g/mol. The second-order valence-corrected chi connectivity index (χ2v) is 4.14. The first-order valence-electron chi connectivity index (χ1n) is 4.39. The molecule has 72 valence electrons. The molecule has 13 heavy (non-hydrogen) atoms. The lowest BCUT2D eigenvalue weighted by molar-refractivity contribution is 0.674. The molecule has 0 unspecified atom stereocenters. The predicted octanol–water partition coefficient (Wildman–Crippen LogP) is 3.60. The summed E-state index contributed by atoms with van der Waals surface area (Å²) in [7, 11) is 0. The van der Waals surface area contributed by atoms with Crippen LogP contribution in [0.3, 0.4) is 0 Å². The highest BCUT2D eigenvalue weighted by Crippen LogP contribution is 2.24. The van der Waals surface area contributed by atoms with E-state index in [1.807, 2.05) is 18.2 Å². The normalized spacial score (nSPS) is 10.4. The van der Waals surface area contributed by atoms with Crippen LogP contribution in [0.2, 0.25) is 5.02 Å². The zero-order valence-electron chi connectivity index (χ0n) is 7.61. The Morgan fingerprint density at radius 1 is 1.46 bits per heavy atom. The third-order valence-corrected chi connectivity index (χ3v) is 2.89. The Hall–Kier alpha value is -0.0500. The van der Waals surface area contributed by atoms with E-state index in [9.17, 15) is 0 Å². The van der Waals surface area contributed by atoms with E-state index in [-0.39, 0.29) is 0 Å². The van der Waals surface area contributed by atoms with Crippen molar-refractivity contribution in [2.24, 2.45) is 0 Å². The van der Waals surface area contributed by atoms with Crippen LogP contribution < -0.4 is 5.32 Å². The van der Waals surface area contributed by atoms with E-state index in [1.165, 1.54) is 0 Å². The van der Waals surface area contributed by atoms with Crippen molar-refractivity contribution in [2.45, 2.75) is 19.9 Å². The van der Waals surface area contributed by atoms with Crippen molar-refractivity contribution >= 4 is 27.5 Å². The summed E-state index contributed by atoms with van der Waals surface area (Å²) >= 11 is 9.51. The summed E-state index contributed by atoms with van der Waals surface area (Å²) in [6.45, 7) is 4.00. The van der Waals surface area contributed by atoms with Gasteiger partial charge in [0.25, 0.3) is 0 Å². The molecule has 0 aliphatic carbocycles. The summed E-state index contributed by atoms with van der Waals surface area (Å²) in [5, 5.41) is 4.14. The molecule has 1 aromatic carbocycles. The van der Waals surface area contributed by atoms with Crippen LogP contribution >= 0.6 is 27.5 Å². The molecule has 1 N–H and O–H groups in total. The molecule has 0 aliphatic heterocycles. The van der Waals surface area contributed by atoms with Gasteiger partial charge in [0.05, 0.1) is 0 Å². The molecule has 0 radical (unpaired) electrons. The van der Waals surface area contributed by atoms with Crippen molar-refractivity contribution in [2.75, 3.05) is 6.54 Å². The largest absolute Gasteiger partial charge is 0.313 e. The number of halogens is 2. The fourth-order valence-corrected chi connectivity index (χ4v) is 1.95. The molecular formula is C10H13BrClN. The first kappa shape index (κ1) is 11.0. The Morgan fingerprint density at radius 3 is 2.85 bits per heavy atom. The van der Waals surface area contributed by atoms with Crippen LogP contribution in [0.1, 0.15) is 18.9 Å². The van der Waals surface area contributed by atoms with Crippen LogP contribution in [0.25, 0.3) is 0 Å². The van der Waals surface area contributed by atoms with E-state index in [4.69, 9.17) is 11.6 Å². The van der Waals surface area contributed by atoms with Crippen molar-refractivity contribution in [3.8, 4) is 0 Å². The molecule has 0 amide bonds. The fraction of sp³-hybridized carbons (Fsp3) is 0.400. The van der Waals surface area contributed by atoms with Crippen molar-refractivity contribution < 1.29 is 0 Å². The Kier molecular flexibility index (Phi) is 4.78. The van der Waals surface area contributed by atoms with Gasteiger partial charge in [-0.1, -0.05) is 40.5 Å². The molecule has 0 aromatic heterocycles. The SMILES string of the molecule is CCCNCc1c(Cl)cccc1Br. The Labute approximate surface area is 92.6 Å². The van der Waals surface area contributed by atoms with Gasteiger partial charge in [-0.15, -0.1) is 0 Å². The van der Waals surface area contributed by atoms with Gasteiger partial charge in [0, 0.05) is 16.0 Å². The molecule has 0 saturated carbocycles. The first-order valence-corrected chi connectivity index (χ1v) is 5.56. The molecule has 3 heteroatoms. The van der Waals surface area contributed by atoms with Crippen LogP contribution in [-0.4, -0.2) is 6.54 Å². The minimum absolute atomic E-state index is 0.818. The van der Waals surface area contributed by atoms with E-state index in [0.717, 1.165) is 34.6 Å². The third kappa shape index (κ3) is 3.29. The van der Waals surface area contributed by atoms with E-state index in [1.54, 1.807) is 0 Å². The zero-order valence-corrected chi connectivity index (χ0v) is 9.95. The Bertz CT molecular complexity index is 255.